The molecule has 9 fully saturated rings. The largest absolute Gasteiger partial charge is 0.392 e. The fourth-order valence-corrected chi connectivity index (χ4v) is 10.3. The Kier molecular flexibility index (Phi) is 1.95. The molecule has 0 amide bonds. The van der Waals surface area contributed by atoms with Crippen molar-refractivity contribution in [3.63, 3.8) is 0 Å². The van der Waals surface area contributed by atoms with E-state index in [4.69, 9.17) is 0 Å². The quantitative estimate of drug-likeness (QED) is 0.574. The predicted octanol–water partition coefficient (Wildman–Crippen LogP) is 0.764. The SMILES string of the molecule is C=C1[C@@H]2CC3[C@]45C6[C@H]7[C@@H](O)[C@@]3([C@@H]1O)[C@@H](C2)[C@H]4N7C[C@]6(C)CC[C@H]5O. The van der Waals surface area contributed by atoms with Crippen LogP contribution in [0, 0.1) is 39.9 Å². The highest BCUT2D eigenvalue weighted by Gasteiger charge is 2.92. The Hall–Kier alpha value is -0.420. The first-order valence-corrected chi connectivity index (χ1v) is 9.88. The molecule has 130 valence electrons. The highest BCUT2D eigenvalue weighted by Crippen LogP contribution is 2.86. The minimum Gasteiger partial charge on any atom is -0.392 e. The average Bonchev–Trinajstić information content (AvgIpc) is 3.03. The molecule has 0 radical (unpaired) electrons. The van der Waals surface area contributed by atoms with Gasteiger partial charge >= 0.3 is 0 Å². The van der Waals surface area contributed by atoms with Crippen LogP contribution in [0.3, 0.4) is 0 Å². The van der Waals surface area contributed by atoms with E-state index in [1.807, 2.05) is 0 Å². The molecule has 0 aromatic carbocycles. The van der Waals surface area contributed by atoms with Crippen LogP contribution in [0.4, 0.5) is 0 Å². The number of aliphatic hydroxyl groups excluding tert-OH is 3. The summed E-state index contributed by atoms with van der Waals surface area (Å²) in [6.45, 7) is 7.70. The first kappa shape index (κ1) is 13.7. The zero-order valence-corrected chi connectivity index (χ0v) is 14.2. The van der Waals surface area contributed by atoms with Crippen LogP contribution in [0.5, 0.6) is 0 Å². The summed E-state index contributed by atoms with van der Waals surface area (Å²) >= 11 is 0. The number of piperidine rings is 2. The van der Waals surface area contributed by atoms with Crippen molar-refractivity contribution in [1.82, 2.24) is 4.90 Å². The van der Waals surface area contributed by atoms with Crippen LogP contribution in [0.15, 0.2) is 12.2 Å². The third-order valence-electron chi connectivity index (χ3n) is 10.5. The minimum atomic E-state index is -0.569. The molecule has 9 aliphatic rings. The summed E-state index contributed by atoms with van der Waals surface area (Å²) in [5.41, 5.74) is 0.714. The molecular weight excluding hydrogens is 302 g/mol. The van der Waals surface area contributed by atoms with E-state index in [0.717, 1.165) is 37.8 Å². The second-order valence-electron chi connectivity index (χ2n) is 10.5. The lowest BCUT2D eigenvalue weighted by atomic mass is 9.39. The van der Waals surface area contributed by atoms with Gasteiger partial charge in [0.2, 0.25) is 0 Å². The maximum absolute atomic E-state index is 11.6. The van der Waals surface area contributed by atoms with Crippen LogP contribution in [0.2, 0.25) is 0 Å². The summed E-state index contributed by atoms with van der Waals surface area (Å²) in [5.74, 6) is 1.42. The summed E-state index contributed by atoms with van der Waals surface area (Å²) in [5, 5.41) is 34.1. The number of hydrogen-bond acceptors (Lipinski definition) is 4. The average molecular weight is 329 g/mol. The molecule has 0 aromatic rings. The van der Waals surface area contributed by atoms with E-state index < -0.39 is 17.6 Å². The Balaban J connectivity index is 1.57. The van der Waals surface area contributed by atoms with E-state index in [0.29, 0.717) is 23.8 Å². The van der Waals surface area contributed by atoms with Crippen molar-refractivity contribution in [2.24, 2.45) is 39.9 Å². The van der Waals surface area contributed by atoms with Crippen LogP contribution in [0.25, 0.3) is 0 Å². The third kappa shape index (κ3) is 0.903. The van der Waals surface area contributed by atoms with Gasteiger partial charge in [-0.05, 0) is 60.3 Å². The molecular formula is C20H27NO3. The van der Waals surface area contributed by atoms with Crippen LogP contribution in [0.1, 0.15) is 32.6 Å². The molecule has 4 nitrogen and oxygen atoms in total. The molecule has 3 N–H and O–H groups in total. The highest BCUT2D eigenvalue weighted by atomic mass is 16.3. The van der Waals surface area contributed by atoms with Gasteiger partial charge in [0.15, 0.2) is 0 Å². The molecule has 3 aliphatic heterocycles. The van der Waals surface area contributed by atoms with Gasteiger partial charge in [-0.25, -0.2) is 0 Å². The van der Waals surface area contributed by atoms with Gasteiger partial charge in [0.25, 0.3) is 0 Å². The van der Waals surface area contributed by atoms with E-state index in [1.54, 1.807) is 0 Å². The molecule has 0 aromatic heterocycles. The van der Waals surface area contributed by atoms with Crippen molar-refractivity contribution in [1.29, 1.82) is 0 Å². The molecule has 9 rings (SSSR count). The van der Waals surface area contributed by atoms with Crippen molar-refractivity contribution >= 4 is 0 Å². The molecule has 9 bridgehead atoms. The number of rotatable bonds is 0. The summed E-state index contributed by atoms with van der Waals surface area (Å²) in [4.78, 5) is 2.60. The van der Waals surface area contributed by atoms with E-state index >= 15 is 0 Å². The maximum atomic E-state index is 11.6. The summed E-state index contributed by atoms with van der Waals surface area (Å²) < 4.78 is 0. The smallest absolute Gasteiger partial charge is 0.0837 e. The number of nitrogens with zero attached hydrogens (tertiary/aromatic N) is 1. The van der Waals surface area contributed by atoms with Gasteiger partial charge in [0, 0.05) is 29.5 Å². The molecule has 2 spiro atoms. The van der Waals surface area contributed by atoms with E-state index in [-0.39, 0.29) is 28.9 Å². The molecule has 13 atom stereocenters. The minimum absolute atomic E-state index is 0.0732. The zero-order valence-electron chi connectivity index (χ0n) is 14.2. The fraction of sp³-hybridized carbons (Fsp3) is 0.900. The second-order valence-corrected chi connectivity index (χ2v) is 10.5. The van der Waals surface area contributed by atoms with Crippen molar-refractivity contribution in [2.75, 3.05) is 6.54 Å². The lowest BCUT2D eigenvalue weighted by Crippen LogP contribution is -2.72. The Morgan fingerprint density at radius 2 is 1.96 bits per heavy atom. The van der Waals surface area contributed by atoms with Crippen molar-refractivity contribution in [3.8, 4) is 0 Å². The lowest BCUT2D eigenvalue weighted by Gasteiger charge is -2.66. The molecule has 3 unspecified atom stereocenters. The summed E-state index contributed by atoms with van der Waals surface area (Å²) in [6, 6.07) is 0.538. The van der Waals surface area contributed by atoms with Gasteiger partial charge < -0.3 is 15.3 Å². The topological polar surface area (TPSA) is 63.9 Å². The van der Waals surface area contributed by atoms with Crippen molar-refractivity contribution in [3.05, 3.63) is 12.2 Å². The first-order chi connectivity index (χ1) is 11.4. The zero-order chi connectivity index (χ0) is 16.4. The van der Waals surface area contributed by atoms with Gasteiger partial charge in [-0.2, -0.15) is 0 Å². The van der Waals surface area contributed by atoms with Crippen molar-refractivity contribution < 1.29 is 15.3 Å². The molecule has 6 saturated carbocycles. The first-order valence-electron chi connectivity index (χ1n) is 9.88. The van der Waals surface area contributed by atoms with Gasteiger partial charge in [-0.15, -0.1) is 0 Å². The number of fused-ring (bicyclic) bond motifs is 1. The predicted molar refractivity (Wildman–Crippen MR) is 86.8 cm³/mol. The molecule has 3 saturated heterocycles. The third-order valence-corrected chi connectivity index (χ3v) is 10.5. The van der Waals surface area contributed by atoms with Crippen LogP contribution >= 0.6 is 0 Å². The maximum Gasteiger partial charge on any atom is 0.0837 e. The van der Waals surface area contributed by atoms with E-state index in [2.05, 4.69) is 18.4 Å². The number of hydrogen-bond donors (Lipinski definition) is 3. The van der Waals surface area contributed by atoms with E-state index in [1.165, 1.54) is 0 Å². The molecule has 3 heterocycles. The van der Waals surface area contributed by atoms with Crippen molar-refractivity contribution in [2.45, 2.75) is 63.0 Å². The van der Waals surface area contributed by atoms with Crippen LogP contribution < -0.4 is 0 Å². The fourth-order valence-electron chi connectivity index (χ4n) is 10.3. The highest BCUT2D eigenvalue weighted by molar-refractivity contribution is 5.45. The molecule has 6 aliphatic carbocycles. The monoisotopic (exact) mass is 329 g/mol. The molecule has 4 heteroatoms. The Labute approximate surface area is 142 Å². The Morgan fingerprint density at radius 1 is 1.17 bits per heavy atom. The van der Waals surface area contributed by atoms with Gasteiger partial charge in [-0.1, -0.05) is 13.5 Å². The normalized spacial score (nSPS) is 76.1. The molecule has 24 heavy (non-hydrogen) atoms. The lowest BCUT2D eigenvalue weighted by molar-refractivity contribution is -0.240. The standard InChI is InChI=1S/C20H27NO3/c1-8-9-5-10-15-20-11(6-9)19(10,16(8)23)17(24)13-14(20)18(2,7-21(13)15)4-3-12(20)22/h9-17,22-24H,1,3-7H2,2H3/t9-,10-,11?,12+,13-,14?,15+,16+,17+,18-,19-,20-/m0/s1. The Bertz CT molecular complexity index is 709. The number of aliphatic hydroxyl groups is 3. The summed E-state index contributed by atoms with van der Waals surface area (Å²) in [7, 11) is 0. The van der Waals surface area contributed by atoms with Gasteiger partial charge in [0.1, 0.15) is 0 Å². The van der Waals surface area contributed by atoms with Gasteiger partial charge in [-0.3, -0.25) is 4.90 Å². The van der Waals surface area contributed by atoms with E-state index in [9.17, 15) is 15.3 Å². The summed E-state index contributed by atoms with van der Waals surface area (Å²) in [6.07, 6.45) is 2.80. The van der Waals surface area contributed by atoms with Gasteiger partial charge in [0.05, 0.1) is 18.3 Å². The van der Waals surface area contributed by atoms with Crippen LogP contribution in [-0.4, -0.2) is 57.2 Å². The Morgan fingerprint density at radius 3 is 2.75 bits per heavy atom. The second kappa shape index (κ2) is 3.40. The van der Waals surface area contributed by atoms with Crippen LogP contribution in [-0.2, 0) is 0 Å².